The largest absolute Gasteiger partial charge is 0.396 e. The first kappa shape index (κ1) is 13.7. The lowest BCUT2D eigenvalue weighted by atomic mass is 9.90. The predicted molar refractivity (Wildman–Crippen MR) is 76.1 cm³/mol. The minimum atomic E-state index is 0.220. The molecule has 1 heterocycles. The number of anilines is 1. The van der Waals surface area contributed by atoms with Crippen molar-refractivity contribution in [3.8, 4) is 0 Å². The Hall–Kier alpha value is -0.770. The number of hydrogen-bond acceptors (Lipinski definition) is 3. The summed E-state index contributed by atoms with van der Waals surface area (Å²) < 4.78 is 0. The predicted octanol–water partition coefficient (Wildman–Crippen LogP) is 2.27. The van der Waals surface area contributed by atoms with Gasteiger partial charge in [-0.3, -0.25) is 0 Å². The summed E-state index contributed by atoms with van der Waals surface area (Å²) in [5.41, 5.74) is 7.31. The second-order valence-corrected chi connectivity index (χ2v) is 5.55. The molecule has 2 unspecified atom stereocenters. The molecule has 1 aromatic carbocycles. The van der Waals surface area contributed by atoms with E-state index in [0.717, 1.165) is 37.4 Å². The number of halogens is 1. The van der Waals surface area contributed by atoms with Crippen LogP contribution in [0.4, 0.5) is 5.69 Å². The number of nitrogens with zero attached hydrogens (tertiary/aromatic N) is 1. The zero-order valence-corrected chi connectivity index (χ0v) is 11.3. The zero-order chi connectivity index (χ0) is 13.0. The van der Waals surface area contributed by atoms with Gasteiger partial charge in [0, 0.05) is 36.4 Å². The normalized spacial score (nSPS) is 24.3. The lowest BCUT2D eigenvalue weighted by Crippen LogP contribution is -2.47. The zero-order valence-electron chi connectivity index (χ0n) is 10.6. The summed E-state index contributed by atoms with van der Waals surface area (Å²) in [5.74, 6) is 0.580. The van der Waals surface area contributed by atoms with Gasteiger partial charge in [-0.2, -0.15) is 0 Å². The molecule has 0 amide bonds. The Balaban J connectivity index is 2.01. The summed E-state index contributed by atoms with van der Waals surface area (Å²) in [4.78, 5) is 2.33. The van der Waals surface area contributed by atoms with Crippen molar-refractivity contribution >= 4 is 17.3 Å². The molecule has 1 fully saturated rings. The Kier molecular flexibility index (Phi) is 4.87. The highest BCUT2D eigenvalue weighted by atomic mass is 35.5. The van der Waals surface area contributed by atoms with Gasteiger partial charge in [0.25, 0.3) is 0 Å². The molecule has 3 nitrogen and oxygen atoms in total. The van der Waals surface area contributed by atoms with Crippen LogP contribution in [-0.4, -0.2) is 30.8 Å². The first-order chi connectivity index (χ1) is 8.69. The van der Waals surface area contributed by atoms with Crippen molar-refractivity contribution in [2.45, 2.75) is 25.3 Å². The van der Waals surface area contributed by atoms with E-state index in [0.29, 0.717) is 5.92 Å². The molecule has 2 atom stereocenters. The van der Waals surface area contributed by atoms with E-state index >= 15 is 0 Å². The first-order valence-electron chi connectivity index (χ1n) is 6.56. The van der Waals surface area contributed by atoms with E-state index in [1.165, 1.54) is 5.69 Å². The molecular weight excluding hydrogens is 248 g/mol. The van der Waals surface area contributed by atoms with Gasteiger partial charge in [0.15, 0.2) is 0 Å². The van der Waals surface area contributed by atoms with E-state index in [2.05, 4.69) is 4.90 Å². The van der Waals surface area contributed by atoms with Crippen LogP contribution in [0.25, 0.3) is 0 Å². The third kappa shape index (κ3) is 3.61. The highest BCUT2D eigenvalue weighted by Crippen LogP contribution is 2.26. The van der Waals surface area contributed by atoms with Crippen LogP contribution in [0.15, 0.2) is 24.3 Å². The molecule has 0 saturated carbocycles. The van der Waals surface area contributed by atoms with Crippen LogP contribution in [0.3, 0.4) is 0 Å². The van der Waals surface area contributed by atoms with Gasteiger partial charge in [0.05, 0.1) is 0 Å². The smallest absolute Gasteiger partial charge is 0.0431 e. The quantitative estimate of drug-likeness (QED) is 0.881. The second-order valence-electron chi connectivity index (χ2n) is 5.11. The van der Waals surface area contributed by atoms with Crippen molar-refractivity contribution in [2.24, 2.45) is 11.7 Å². The minimum Gasteiger partial charge on any atom is -0.396 e. The maximum atomic E-state index is 8.92. The number of piperidine rings is 1. The van der Waals surface area contributed by atoms with E-state index in [9.17, 15) is 0 Å². The third-order valence-corrected chi connectivity index (χ3v) is 3.78. The maximum Gasteiger partial charge on any atom is 0.0431 e. The van der Waals surface area contributed by atoms with Crippen molar-refractivity contribution in [2.75, 3.05) is 24.6 Å². The van der Waals surface area contributed by atoms with Crippen LogP contribution >= 0.6 is 11.6 Å². The van der Waals surface area contributed by atoms with Gasteiger partial charge in [-0.15, -0.1) is 0 Å². The van der Waals surface area contributed by atoms with Crippen LogP contribution in [0.1, 0.15) is 19.3 Å². The van der Waals surface area contributed by atoms with E-state index in [4.69, 9.17) is 22.4 Å². The average Bonchev–Trinajstić information content (AvgIpc) is 2.36. The Bertz CT molecular complexity index is 369. The van der Waals surface area contributed by atoms with Crippen LogP contribution in [-0.2, 0) is 0 Å². The molecule has 1 saturated heterocycles. The molecule has 0 radical (unpaired) electrons. The Morgan fingerprint density at radius 3 is 2.67 bits per heavy atom. The van der Waals surface area contributed by atoms with Gasteiger partial charge < -0.3 is 15.7 Å². The molecule has 0 aliphatic carbocycles. The first-order valence-corrected chi connectivity index (χ1v) is 6.94. The Morgan fingerprint density at radius 2 is 2.00 bits per heavy atom. The maximum absolute atomic E-state index is 8.92. The molecule has 100 valence electrons. The fraction of sp³-hybridized carbons (Fsp3) is 0.571. The molecule has 3 N–H and O–H groups in total. The number of hydrogen-bond donors (Lipinski definition) is 2. The molecule has 0 bridgehead atoms. The number of aliphatic hydroxyl groups excluding tert-OH is 1. The highest BCUT2D eigenvalue weighted by Gasteiger charge is 2.24. The number of aliphatic hydroxyl groups is 1. The number of benzene rings is 1. The highest BCUT2D eigenvalue weighted by molar-refractivity contribution is 6.30. The Labute approximate surface area is 114 Å². The molecular formula is C14H21ClN2O. The lowest BCUT2D eigenvalue weighted by Gasteiger charge is -2.38. The summed E-state index contributed by atoms with van der Waals surface area (Å²) in [6.45, 7) is 2.19. The average molecular weight is 269 g/mol. The molecule has 0 spiro atoms. The molecule has 1 aliphatic heterocycles. The SMILES string of the molecule is NC1CC(CCCO)CN(c2ccc(Cl)cc2)C1. The van der Waals surface area contributed by atoms with E-state index in [-0.39, 0.29) is 12.6 Å². The van der Waals surface area contributed by atoms with Gasteiger partial charge in [-0.1, -0.05) is 11.6 Å². The van der Waals surface area contributed by atoms with E-state index in [1.807, 2.05) is 24.3 Å². The third-order valence-electron chi connectivity index (χ3n) is 3.53. The van der Waals surface area contributed by atoms with Crippen molar-refractivity contribution in [1.82, 2.24) is 0 Å². The van der Waals surface area contributed by atoms with Crippen molar-refractivity contribution < 1.29 is 5.11 Å². The standard InChI is InChI=1S/C14H21ClN2O/c15-12-3-5-14(6-4-12)17-9-11(2-1-7-18)8-13(16)10-17/h3-6,11,13,18H,1-2,7-10,16H2. The second kappa shape index (κ2) is 6.41. The topological polar surface area (TPSA) is 49.5 Å². The number of nitrogens with two attached hydrogens (primary N) is 1. The molecule has 18 heavy (non-hydrogen) atoms. The summed E-state index contributed by atoms with van der Waals surface area (Å²) >= 11 is 5.91. The summed E-state index contributed by atoms with van der Waals surface area (Å²) in [6.07, 6.45) is 2.98. The fourth-order valence-electron chi connectivity index (χ4n) is 2.70. The van der Waals surface area contributed by atoms with Crippen molar-refractivity contribution in [3.63, 3.8) is 0 Å². The van der Waals surface area contributed by atoms with Gasteiger partial charge in [-0.05, 0) is 49.4 Å². The summed E-state index contributed by atoms with van der Waals surface area (Å²) in [5, 5.41) is 9.68. The summed E-state index contributed by atoms with van der Waals surface area (Å²) in [7, 11) is 0. The van der Waals surface area contributed by atoms with E-state index in [1.54, 1.807) is 0 Å². The minimum absolute atomic E-state index is 0.220. The van der Waals surface area contributed by atoms with Crippen LogP contribution in [0.5, 0.6) is 0 Å². The van der Waals surface area contributed by atoms with Gasteiger partial charge in [0.2, 0.25) is 0 Å². The van der Waals surface area contributed by atoms with Crippen LogP contribution < -0.4 is 10.6 Å². The van der Waals surface area contributed by atoms with Gasteiger partial charge >= 0.3 is 0 Å². The Morgan fingerprint density at radius 1 is 1.28 bits per heavy atom. The molecule has 1 aliphatic rings. The van der Waals surface area contributed by atoms with Gasteiger partial charge in [0.1, 0.15) is 0 Å². The molecule has 1 aromatic rings. The lowest BCUT2D eigenvalue weighted by molar-refractivity contribution is 0.259. The van der Waals surface area contributed by atoms with Crippen molar-refractivity contribution in [1.29, 1.82) is 0 Å². The van der Waals surface area contributed by atoms with E-state index < -0.39 is 0 Å². The monoisotopic (exact) mass is 268 g/mol. The van der Waals surface area contributed by atoms with Crippen LogP contribution in [0.2, 0.25) is 5.02 Å². The molecule has 0 aromatic heterocycles. The van der Waals surface area contributed by atoms with Crippen LogP contribution in [0, 0.1) is 5.92 Å². The van der Waals surface area contributed by atoms with Crippen molar-refractivity contribution in [3.05, 3.63) is 29.3 Å². The summed E-state index contributed by atoms with van der Waals surface area (Å²) in [6, 6.07) is 8.14. The molecule has 2 rings (SSSR count). The number of rotatable bonds is 4. The van der Waals surface area contributed by atoms with Gasteiger partial charge in [-0.25, -0.2) is 0 Å². The fourth-order valence-corrected chi connectivity index (χ4v) is 2.82. The molecule has 4 heteroatoms.